The van der Waals surface area contributed by atoms with Crippen molar-refractivity contribution >= 4 is 14.4 Å². The van der Waals surface area contributed by atoms with Gasteiger partial charge in [-0.05, 0) is 43.1 Å². The van der Waals surface area contributed by atoms with Crippen molar-refractivity contribution in [1.29, 1.82) is 0 Å². The van der Waals surface area contributed by atoms with Gasteiger partial charge in [-0.25, -0.2) is 0 Å². The first-order valence-corrected chi connectivity index (χ1v) is 12.7. The summed E-state index contributed by atoms with van der Waals surface area (Å²) in [4.78, 5) is 0. The molecular formula is C22H34O4Si. The molecule has 2 saturated heterocycles. The van der Waals surface area contributed by atoms with E-state index in [4.69, 9.17) is 18.6 Å². The van der Waals surface area contributed by atoms with E-state index in [1.165, 1.54) is 0 Å². The first kappa shape index (κ1) is 20.7. The summed E-state index contributed by atoms with van der Waals surface area (Å²) < 4.78 is 25.5. The van der Waals surface area contributed by atoms with Gasteiger partial charge in [0.15, 0.2) is 14.1 Å². The van der Waals surface area contributed by atoms with E-state index >= 15 is 0 Å². The molecule has 0 spiro atoms. The summed E-state index contributed by atoms with van der Waals surface area (Å²) in [7, 11) is -2.02. The third kappa shape index (κ3) is 4.22. The van der Waals surface area contributed by atoms with Gasteiger partial charge in [-0.15, -0.1) is 0 Å². The van der Waals surface area contributed by atoms with Gasteiger partial charge in [-0.2, -0.15) is 0 Å². The average molecular weight is 391 g/mol. The number of benzene rings is 1. The van der Waals surface area contributed by atoms with Crippen molar-refractivity contribution in [2.45, 2.75) is 83.0 Å². The van der Waals surface area contributed by atoms with E-state index in [1.54, 1.807) is 0 Å². The molecule has 0 aromatic heterocycles. The van der Waals surface area contributed by atoms with Gasteiger partial charge in [-0.1, -0.05) is 57.7 Å². The predicted molar refractivity (Wildman–Crippen MR) is 111 cm³/mol. The van der Waals surface area contributed by atoms with Crippen LogP contribution in [0.1, 0.15) is 51.8 Å². The number of ether oxygens (including phenoxy) is 3. The van der Waals surface area contributed by atoms with Crippen LogP contribution < -0.4 is 0 Å². The van der Waals surface area contributed by atoms with Crippen molar-refractivity contribution in [3.8, 4) is 0 Å². The topological polar surface area (TPSA) is 36.9 Å². The van der Waals surface area contributed by atoms with Crippen molar-refractivity contribution in [3.63, 3.8) is 0 Å². The number of fused-ring (bicyclic) bond motifs is 1. The van der Waals surface area contributed by atoms with Crippen LogP contribution in [0.2, 0.25) is 18.1 Å². The number of hydrogen-bond donors (Lipinski definition) is 0. The SMILES string of the molecule is C=Cc1ccc([C@H]2OC[C@H]3OC(C)(C)O[C@H]3[C@@H]2O[Si](C)(C)C(C)(C)C)cc1. The molecule has 4 nitrogen and oxygen atoms in total. The summed E-state index contributed by atoms with van der Waals surface area (Å²) in [5.41, 5.74) is 2.20. The minimum absolute atomic E-state index is 0.0986. The molecule has 0 aliphatic carbocycles. The highest BCUT2D eigenvalue weighted by Gasteiger charge is 2.54. The zero-order valence-electron chi connectivity index (χ0n) is 17.7. The summed E-state index contributed by atoms with van der Waals surface area (Å²) >= 11 is 0. The average Bonchev–Trinajstić information content (AvgIpc) is 2.89. The standard InChI is InChI=1S/C22H34O4Si/c1-9-15-10-12-16(13-11-15)18-20(26-27(7,8)21(2,3)4)19-17(14-23-18)24-22(5,6)25-19/h9-13,17-20H,1,14H2,2-8H3/t17-,18-,19-,20-/m1/s1. The molecular weight excluding hydrogens is 356 g/mol. The van der Waals surface area contributed by atoms with E-state index < -0.39 is 14.1 Å². The lowest BCUT2D eigenvalue weighted by atomic mass is 9.94. The van der Waals surface area contributed by atoms with Gasteiger partial charge in [0.1, 0.15) is 24.4 Å². The normalized spacial score (nSPS) is 30.8. The maximum atomic E-state index is 6.86. The molecule has 4 atom stereocenters. The van der Waals surface area contributed by atoms with E-state index in [1.807, 2.05) is 19.9 Å². The van der Waals surface area contributed by atoms with Crippen LogP contribution in [0.25, 0.3) is 6.08 Å². The largest absolute Gasteiger partial charge is 0.408 e. The van der Waals surface area contributed by atoms with Crippen molar-refractivity contribution in [2.24, 2.45) is 0 Å². The van der Waals surface area contributed by atoms with Crippen LogP contribution in [0.3, 0.4) is 0 Å². The monoisotopic (exact) mass is 390 g/mol. The van der Waals surface area contributed by atoms with E-state index in [0.29, 0.717) is 6.61 Å². The molecule has 2 aliphatic heterocycles. The van der Waals surface area contributed by atoms with Crippen LogP contribution in [0, 0.1) is 0 Å². The molecule has 0 saturated carbocycles. The minimum Gasteiger partial charge on any atom is -0.408 e. The summed E-state index contributed by atoms with van der Waals surface area (Å²) in [5.74, 6) is -0.616. The van der Waals surface area contributed by atoms with Gasteiger partial charge in [0.2, 0.25) is 0 Å². The van der Waals surface area contributed by atoms with Crippen LogP contribution >= 0.6 is 0 Å². The molecule has 2 aliphatic rings. The van der Waals surface area contributed by atoms with Gasteiger partial charge in [0.25, 0.3) is 0 Å². The van der Waals surface area contributed by atoms with E-state index in [9.17, 15) is 0 Å². The molecule has 150 valence electrons. The van der Waals surface area contributed by atoms with Crippen molar-refractivity contribution in [1.82, 2.24) is 0 Å². The van der Waals surface area contributed by atoms with Gasteiger partial charge < -0.3 is 18.6 Å². The summed E-state index contributed by atoms with van der Waals surface area (Å²) in [6.45, 7) is 19.6. The molecule has 5 heteroatoms. The first-order chi connectivity index (χ1) is 12.4. The summed E-state index contributed by atoms with van der Waals surface area (Å²) in [6.07, 6.45) is 1.25. The highest BCUT2D eigenvalue weighted by molar-refractivity contribution is 6.74. The Morgan fingerprint density at radius 3 is 2.33 bits per heavy atom. The van der Waals surface area contributed by atoms with Crippen LogP contribution in [0.15, 0.2) is 30.8 Å². The second-order valence-corrected chi connectivity index (χ2v) is 14.4. The molecule has 2 heterocycles. The second kappa shape index (κ2) is 7.12. The zero-order valence-corrected chi connectivity index (χ0v) is 18.7. The third-order valence-electron chi connectivity index (χ3n) is 6.02. The quantitative estimate of drug-likeness (QED) is 0.653. The fourth-order valence-corrected chi connectivity index (χ4v) is 4.78. The lowest BCUT2D eigenvalue weighted by molar-refractivity contribution is -0.157. The molecule has 1 aromatic carbocycles. The molecule has 2 fully saturated rings. The summed E-state index contributed by atoms with van der Waals surface area (Å²) in [6, 6.07) is 8.34. The smallest absolute Gasteiger partial charge is 0.192 e. The highest BCUT2D eigenvalue weighted by Crippen LogP contribution is 2.45. The minimum atomic E-state index is -2.02. The maximum Gasteiger partial charge on any atom is 0.192 e. The van der Waals surface area contributed by atoms with Gasteiger partial charge in [0, 0.05) is 0 Å². The number of rotatable bonds is 4. The van der Waals surface area contributed by atoms with Crippen molar-refractivity contribution < 1.29 is 18.6 Å². The molecule has 0 radical (unpaired) electrons. The molecule has 0 bridgehead atoms. The van der Waals surface area contributed by atoms with Crippen molar-refractivity contribution in [2.75, 3.05) is 6.61 Å². The highest BCUT2D eigenvalue weighted by atomic mass is 28.4. The molecule has 27 heavy (non-hydrogen) atoms. The molecule has 0 unspecified atom stereocenters. The van der Waals surface area contributed by atoms with Crippen molar-refractivity contribution in [3.05, 3.63) is 42.0 Å². The van der Waals surface area contributed by atoms with Gasteiger partial charge >= 0.3 is 0 Å². The van der Waals surface area contributed by atoms with E-state index in [-0.39, 0.29) is 29.5 Å². The Bertz CT molecular complexity index is 675. The lowest BCUT2D eigenvalue weighted by Crippen LogP contribution is -2.55. The Hall–Kier alpha value is -0.983. The van der Waals surface area contributed by atoms with Crippen LogP contribution in [0.4, 0.5) is 0 Å². The molecule has 1 aromatic rings. The van der Waals surface area contributed by atoms with E-state index in [2.05, 4.69) is 64.7 Å². The van der Waals surface area contributed by atoms with Crippen LogP contribution in [0.5, 0.6) is 0 Å². The zero-order chi connectivity index (χ0) is 20.0. The number of hydrogen-bond acceptors (Lipinski definition) is 4. The van der Waals surface area contributed by atoms with Gasteiger partial charge in [0.05, 0.1) is 6.61 Å². The predicted octanol–water partition coefficient (Wildman–Crippen LogP) is 5.31. The Kier molecular flexibility index (Phi) is 5.47. The van der Waals surface area contributed by atoms with Crippen LogP contribution in [-0.4, -0.2) is 39.0 Å². The van der Waals surface area contributed by atoms with Crippen LogP contribution in [-0.2, 0) is 18.6 Å². The second-order valence-electron chi connectivity index (χ2n) is 9.61. The van der Waals surface area contributed by atoms with E-state index in [0.717, 1.165) is 11.1 Å². The lowest BCUT2D eigenvalue weighted by Gasteiger charge is -2.45. The fourth-order valence-electron chi connectivity index (χ4n) is 3.49. The Morgan fingerprint density at radius 2 is 1.78 bits per heavy atom. The fraction of sp³-hybridized carbons (Fsp3) is 0.636. The first-order valence-electron chi connectivity index (χ1n) is 9.81. The summed E-state index contributed by atoms with van der Waals surface area (Å²) in [5, 5.41) is 0.103. The third-order valence-corrected chi connectivity index (χ3v) is 10.5. The molecule has 3 rings (SSSR count). The van der Waals surface area contributed by atoms with Gasteiger partial charge in [-0.3, -0.25) is 0 Å². The Morgan fingerprint density at radius 1 is 1.15 bits per heavy atom. The Balaban J connectivity index is 1.94. The molecule has 0 N–H and O–H groups in total. The molecule has 0 amide bonds. The maximum absolute atomic E-state index is 6.86. The Labute approximate surface area is 165 Å².